The van der Waals surface area contributed by atoms with E-state index in [1.165, 1.54) is 12.1 Å². The van der Waals surface area contributed by atoms with Crippen molar-refractivity contribution in [1.29, 1.82) is 0 Å². The van der Waals surface area contributed by atoms with Crippen molar-refractivity contribution < 1.29 is 13.2 Å². The van der Waals surface area contributed by atoms with Gasteiger partial charge in [-0.25, -0.2) is 9.97 Å². The molecule has 0 unspecified atom stereocenters. The van der Waals surface area contributed by atoms with Crippen molar-refractivity contribution in [3.63, 3.8) is 0 Å². The topological polar surface area (TPSA) is 41.1 Å². The van der Waals surface area contributed by atoms with E-state index < -0.39 is 11.7 Å². The lowest BCUT2D eigenvalue weighted by atomic mass is 10.2. The molecule has 0 radical (unpaired) electrons. The maximum atomic E-state index is 13.0. The lowest BCUT2D eigenvalue weighted by Gasteiger charge is -2.18. The lowest BCUT2D eigenvalue weighted by molar-refractivity contribution is -0.137. The second-order valence-corrected chi connectivity index (χ2v) is 6.08. The molecule has 1 N–H and O–H groups in total. The van der Waals surface area contributed by atoms with Gasteiger partial charge in [0.1, 0.15) is 17.5 Å². The van der Waals surface area contributed by atoms with E-state index in [2.05, 4.69) is 20.2 Å². The van der Waals surface area contributed by atoms with E-state index in [-0.39, 0.29) is 10.7 Å². The zero-order valence-electron chi connectivity index (χ0n) is 13.0. The van der Waals surface area contributed by atoms with Crippen LogP contribution < -0.4 is 10.2 Å². The minimum absolute atomic E-state index is 0.275. The Morgan fingerprint density at radius 3 is 2.50 bits per heavy atom. The number of nitrogens with zero attached hydrogens (tertiary/aromatic N) is 3. The minimum atomic E-state index is -4.50. The van der Waals surface area contributed by atoms with Crippen molar-refractivity contribution in [3.05, 3.63) is 40.7 Å². The Morgan fingerprint density at radius 2 is 1.83 bits per heavy atom. The molecule has 4 nitrogen and oxygen atoms in total. The average Bonchev–Trinajstić information content (AvgIpc) is 3.02. The minimum Gasteiger partial charge on any atom is -0.356 e. The van der Waals surface area contributed by atoms with Gasteiger partial charge >= 0.3 is 6.18 Å². The van der Waals surface area contributed by atoms with Gasteiger partial charge < -0.3 is 10.2 Å². The second-order valence-electron chi connectivity index (χ2n) is 5.67. The van der Waals surface area contributed by atoms with Gasteiger partial charge in [0.2, 0.25) is 0 Å². The molecule has 0 atom stereocenters. The van der Waals surface area contributed by atoms with Gasteiger partial charge in [-0.2, -0.15) is 13.2 Å². The molecule has 0 amide bonds. The fourth-order valence-electron chi connectivity index (χ4n) is 2.69. The number of aryl methyl sites for hydroxylation is 1. The number of hydrogen-bond donors (Lipinski definition) is 1. The summed E-state index contributed by atoms with van der Waals surface area (Å²) in [6, 6.07) is 5.45. The van der Waals surface area contributed by atoms with Crippen LogP contribution in [0.1, 0.15) is 24.2 Å². The van der Waals surface area contributed by atoms with E-state index in [0.29, 0.717) is 11.6 Å². The van der Waals surface area contributed by atoms with Crippen molar-refractivity contribution in [2.75, 3.05) is 23.3 Å². The number of halogens is 4. The first-order valence-corrected chi connectivity index (χ1v) is 7.95. The number of alkyl halides is 3. The molecule has 128 valence electrons. The summed E-state index contributed by atoms with van der Waals surface area (Å²) < 4.78 is 38.9. The van der Waals surface area contributed by atoms with E-state index in [1.54, 1.807) is 13.0 Å². The predicted molar refractivity (Wildman–Crippen MR) is 88.0 cm³/mol. The average molecular weight is 357 g/mol. The van der Waals surface area contributed by atoms with Crippen LogP contribution in [0.25, 0.3) is 0 Å². The highest BCUT2D eigenvalue weighted by molar-refractivity contribution is 6.31. The summed E-state index contributed by atoms with van der Waals surface area (Å²) in [5.74, 6) is 1.80. The molecule has 0 aliphatic carbocycles. The van der Waals surface area contributed by atoms with Crippen molar-refractivity contribution in [1.82, 2.24) is 9.97 Å². The molecule has 1 fully saturated rings. The highest BCUT2D eigenvalue weighted by Gasteiger charge is 2.33. The monoisotopic (exact) mass is 356 g/mol. The first-order valence-electron chi connectivity index (χ1n) is 7.57. The van der Waals surface area contributed by atoms with Gasteiger partial charge in [-0.3, -0.25) is 0 Å². The van der Waals surface area contributed by atoms with Crippen LogP contribution in [0, 0.1) is 6.92 Å². The predicted octanol–water partition coefficient (Wildman–Crippen LogP) is 4.80. The van der Waals surface area contributed by atoms with Crippen LogP contribution in [0.5, 0.6) is 0 Å². The maximum Gasteiger partial charge on any atom is 0.417 e. The second kappa shape index (κ2) is 6.47. The molecule has 1 aromatic carbocycles. The smallest absolute Gasteiger partial charge is 0.356 e. The molecule has 1 aliphatic rings. The summed E-state index contributed by atoms with van der Waals surface area (Å²) in [5.41, 5.74) is -0.600. The zero-order valence-corrected chi connectivity index (χ0v) is 13.7. The molecular weight excluding hydrogens is 341 g/mol. The third-order valence-electron chi connectivity index (χ3n) is 3.80. The van der Waals surface area contributed by atoms with Crippen LogP contribution >= 0.6 is 11.6 Å². The number of rotatable bonds is 3. The van der Waals surface area contributed by atoms with Crippen LogP contribution in [-0.4, -0.2) is 23.1 Å². The van der Waals surface area contributed by atoms with Gasteiger partial charge in [0, 0.05) is 24.8 Å². The molecular formula is C16H16ClF3N4. The van der Waals surface area contributed by atoms with Gasteiger partial charge in [0.25, 0.3) is 0 Å². The normalized spacial score (nSPS) is 15.0. The first kappa shape index (κ1) is 16.8. The molecule has 8 heteroatoms. The Kier molecular flexibility index (Phi) is 4.54. The molecule has 0 spiro atoms. The van der Waals surface area contributed by atoms with Crippen molar-refractivity contribution >= 4 is 28.9 Å². The molecule has 3 rings (SSSR count). The highest BCUT2D eigenvalue weighted by Crippen LogP contribution is 2.36. The van der Waals surface area contributed by atoms with E-state index >= 15 is 0 Å². The summed E-state index contributed by atoms with van der Waals surface area (Å²) in [6.07, 6.45) is -2.28. The Morgan fingerprint density at radius 1 is 1.12 bits per heavy atom. The Labute approximate surface area is 142 Å². The van der Waals surface area contributed by atoms with Crippen LogP contribution in [0.4, 0.5) is 30.5 Å². The Hall–Kier alpha value is -2.02. The molecule has 0 bridgehead atoms. The largest absolute Gasteiger partial charge is 0.417 e. The van der Waals surface area contributed by atoms with Gasteiger partial charge in [-0.1, -0.05) is 11.6 Å². The number of benzene rings is 1. The number of aromatic nitrogens is 2. The molecule has 1 saturated heterocycles. The van der Waals surface area contributed by atoms with Crippen LogP contribution in [0.3, 0.4) is 0 Å². The number of anilines is 3. The zero-order chi connectivity index (χ0) is 17.3. The summed E-state index contributed by atoms with van der Waals surface area (Å²) in [7, 11) is 0. The summed E-state index contributed by atoms with van der Waals surface area (Å²) in [5, 5.41) is 2.58. The van der Waals surface area contributed by atoms with Crippen molar-refractivity contribution in [3.8, 4) is 0 Å². The van der Waals surface area contributed by atoms with Gasteiger partial charge in [-0.05, 0) is 38.0 Å². The molecule has 24 heavy (non-hydrogen) atoms. The standard InChI is InChI=1S/C16H16ClF3N4/c1-10-21-14(9-15(22-10)24-6-2-3-7-24)23-11-4-5-13(17)12(8-11)16(18,19)20/h4-5,8-9H,2-3,6-7H2,1H3,(H,21,22,23). The molecule has 1 aliphatic heterocycles. The van der Waals surface area contributed by atoms with E-state index in [4.69, 9.17) is 11.6 Å². The molecule has 1 aromatic heterocycles. The fourth-order valence-corrected chi connectivity index (χ4v) is 2.92. The first-order chi connectivity index (χ1) is 11.3. The molecule has 2 aromatic rings. The fraction of sp³-hybridized carbons (Fsp3) is 0.375. The third kappa shape index (κ3) is 3.72. The van der Waals surface area contributed by atoms with E-state index in [0.717, 1.165) is 37.8 Å². The van der Waals surface area contributed by atoms with Gasteiger partial charge in [0.15, 0.2) is 0 Å². The van der Waals surface area contributed by atoms with Crippen molar-refractivity contribution in [2.45, 2.75) is 25.9 Å². The SMILES string of the molecule is Cc1nc(Nc2ccc(Cl)c(C(F)(F)F)c2)cc(N2CCCC2)n1. The number of nitrogens with one attached hydrogen (secondary N) is 1. The van der Waals surface area contributed by atoms with E-state index in [1.807, 2.05) is 0 Å². The van der Waals surface area contributed by atoms with Crippen LogP contribution in [-0.2, 0) is 6.18 Å². The quantitative estimate of drug-likeness (QED) is 0.857. The Balaban J connectivity index is 1.88. The number of hydrogen-bond acceptors (Lipinski definition) is 4. The highest BCUT2D eigenvalue weighted by atomic mass is 35.5. The molecule has 2 heterocycles. The van der Waals surface area contributed by atoms with E-state index in [9.17, 15) is 13.2 Å². The molecule has 0 saturated carbocycles. The van der Waals surface area contributed by atoms with Gasteiger partial charge in [-0.15, -0.1) is 0 Å². The van der Waals surface area contributed by atoms with Crippen LogP contribution in [0.2, 0.25) is 5.02 Å². The Bertz CT molecular complexity index is 743. The van der Waals surface area contributed by atoms with Crippen LogP contribution in [0.15, 0.2) is 24.3 Å². The lowest BCUT2D eigenvalue weighted by Crippen LogP contribution is -2.19. The summed E-state index contributed by atoms with van der Waals surface area (Å²) in [6.45, 7) is 3.61. The third-order valence-corrected chi connectivity index (χ3v) is 4.13. The van der Waals surface area contributed by atoms with Gasteiger partial charge in [0.05, 0.1) is 10.6 Å². The summed E-state index contributed by atoms with van der Waals surface area (Å²) in [4.78, 5) is 10.8. The maximum absolute atomic E-state index is 13.0. The summed E-state index contributed by atoms with van der Waals surface area (Å²) >= 11 is 5.64. The van der Waals surface area contributed by atoms with Crippen molar-refractivity contribution in [2.24, 2.45) is 0 Å².